The topological polar surface area (TPSA) is 102 Å². The summed E-state index contributed by atoms with van der Waals surface area (Å²) in [4.78, 5) is 23.7. The van der Waals surface area contributed by atoms with Crippen LogP contribution >= 0.6 is 0 Å². The van der Waals surface area contributed by atoms with Crippen LogP contribution in [0.1, 0.15) is 24.4 Å². The number of imidazole rings is 1. The number of likely N-dealkylation sites (tertiary alicyclic amines) is 1. The maximum absolute atomic E-state index is 10.1. The fourth-order valence-corrected chi connectivity index (χ4v) is 5.18. The molecule has 6 rings (SSSR count). The van der Waals surface area contributed by atoms with Gasteiger partial charge in [0.15, 0.2) is 22.8 Å². The number of piperidine rings is 1. The zero-order valence-corrected chi connectivity index (χ0v) is 21.0. The van der Waals surface area contributed by atoms with E-state index >= 15 is 0 Å². The molecule has 5 heterocycles. The molecule has 10 heteroatoms. The van der Waals surface area contributed by atoms with E-state index in [0.717, 1.165) is 68.1 Å². The van der Waals surface area contributed by atoms with Gasteiger partial charge in [-0.25, -0.2) is 19.9 Å². The predicted molar refractivity (Wildman–Crippen MR) is 140 cm³/mol. The van der Waals surface area contributed by atoms with Crippen molar-refractivity contribution in [3.8, 4) is 23.0 Å². The second-order valence-electron chi connectivity index (χ2n) is 9.56. The maximum Gasteiger partial charge on any atom is 0.212 e. The lowest BCUT2D eigenvalue weighted by molar-refractivity contribution is 0.122. The first-order chi connectivity index (χ1) is 18.2. The summed E-state index contributed by atoms with van der Waals surface area (Å²) < 4.78 is 13.0. The van der Waals surface area contributed by atoms with Crippen molar-refractivity contribution in [3.63, 3.8) is 0 Å². The number of phenolic OH excluding ortho intramolecular Hbond substituents is 1. The van der Waals surface area contributed by atoms with Crippen molar-refractivity contribution < 1.29 is 14.6 Å². The number of phenols is 1. The fraction of sp³-hybridized carbons (Fsp3) is 0.407. The summed E-state index contributed by atoms with van der Waals surface area (Å²) in [7, 11) is 1.63. The van der Waals surface area contributed by atoms with Crippen LogP contribution < -0.4 is 9.64 Å². The van der Waals surface area contributed by atoms with Gasteiger partial charge in [-0.15, -0.1) is 0 Å². The molecule has 4 aromatic rings. The number of benzene rings is 1. The highest BCUT2D eigenvalue weighted by Gasteiger charge is 2.26. The van der Waals surface area contributed by atoms with Crippen molar-refractivity contribution in [2.24, 2.45) is 0 Å². The van der Waals surface area contributed by atoms with Gasteiger partial charge in [-0.1, -0.05) is 18.2 Å². The number of rotatable bonds is 6. The molecule has 2 saturated heterocycles. The Morgan fingerprint density at radius 3 is 2.59 bits per heavy atom. The number of aromatic nitrogens is 5. The van der Waals surface area contributed by atoms with Gasteiger partial charge in [0.05, 0.1) is 26.7 Å². The van der Waals surface area contributed by atoms with E-state index in [1.165, 1.54) is 5.56 Å². The van der Waals surface area contributed by atoms with Crippen LogP contribution in [-0.4, -0.2) is 81.0 Å². The van der Waals surface area contributed by atoms with E-state index in [0.29, 0.717) is 31.0 Å². The smallest absolute Gasteiger partial charge is 0.212 e. The average molecular weight is 502 g/mol. The summed E-state index contributed by atoms with van der Waals surface area (Å²) in [5, 5.41) is 10.1. The molecule has 0 atom stereocenters. The van der Waals surface area contributed by atoms with Gasteiger partial charge in [0.2, 0.25) is 5.88 Å². The number of ether oxygens (including phenoxy) is 2. The van der Waals surface area contributed by atoms with E-state index in [2.05, 4.69) is 25.4 Å². The Hall–Kier alpha value is -3.76. The van der Waals surface area contributed by atoms with Gasteiger partial charge in [0.25, 0.3) is 0 Å². The van der Waals surface area contributed by atoms with Crippen molar-refractivity contribution in [2.75, 3.05) is 51.4 Å². The van der Waals surface area contributed by atoms with Crippen LogP contribution in [0.3, 0.4) is 0 Å². The molecular formula is C27H31N7O3. The second-order valence-corrected chi connectivity index (χ2v) is 9.56. The van der Waals surface area contributed by atoms with Crippen molar-refractivity contribution in [1.82, 2.24) is 29.4 Å². The molecule has 2 aliphatic rings. The van der Waals surface area contributed by atoms with E-state index in [1.54, 1.807) is 19.2 Å². The first-order valence-corrected chi connectivity index (χ1v) is 12.8. The van der Waals surface area contributed by atoms with E-state index < -0.39 is 0 Å². The van der Waals surface area contributed by atoms with Crippen LogP contribution in [0.25, 0.3) is 22.6 Å². The highest BCUT2D eigenvalue weighted by Crippen LogP contribution is 2.32. The normalized spacial score (nSPS) is 17.4. The maximum atomic E-state index is 10.1. The average Bonchev–Trinajstić information content (AvgIpc) is 3.38. The van der Waals surface area contributed by atoms with Gasteiger partial charge in [0.1, 0.15) is 5.75 Å². The van der Waals surface area contributed by atoms with Crippen LogP contribution in [0.15, 0.2) is 48.9 Å². The van der Waals surface area contributed by atoms with Gasteiger partial charge < -0.3 is 24.0 Å². The monoisotopic (exact) mass is 501 g/mol. The highest BCUT2D eigenvalue weighted by atomic mass is 16.5. The summed E-state index contributed by atoms with van der Waals surface area (Å²) in [6.07, 6.45) is 5.82. The van der Waals surface area contributed by atoms with Gasteiger partial charge in [-0.3, -0.25) is 4.90 Å². The third kappa shape index (κ3) is 4.94. The summed E-state index contributed by atoms with van der Waals surface area (Å²) >= 11 is 0. The Labute approximate surface area is 215 Å². The van der Waals surface area contributed by atoms with Crippen molar-refractivity contribution in [1.29, 1.82) is 0 Å². The number of aromatic hydroxyl groups is 1. The Balaban J connectivity index is 1.27. The molecule has 0 saturated carbocycles. The Kier molecular flexibility index (Phi) is 6.58. The van der Waals surface area contributed by atoms with Crippen LogP contribution in [-0.2, 0) is 11.3 Å². The minimum atomic E-state index is 0.196. The minimum absolute atomic E-state index is 0.196. The number of morpholine rings is 1. The number of methoxy groups -OCH3 is 1. The third-order valence-electron chi connectivity index (χ3n) is 7.18. The third-order valence-corrected chi connectivity index (χ3v) is 7.18. The molecule has 0 spiro atoms. The molecule has 2 aliphatic heterocycles. The summed E-state index contributed by atoms with van der Waals surface area (Å²) in [6.45, 7) is 5.69. The van der Waals surface area contributed by atoms with Gasteiger partial charge in [-0.05, 0) is 30.5 Å². The molecule has 3 aromatic heterocycles. The molecule has 10 nitrogen and oxygen atoms in total. The standard InChI is InChI=1S/C27H31N7O3/c1-36-23-6-5-19(16-28-23)17-32-9-7-21(8-10-32)34-18-29-24-26(33-11-13-37-14-12-33)30-25(31-27(24)34)20-3-2-4-22(35)15-20/h2-6,15-16,18,21,35H,7-14,17H2,1H3. The predicted octanol–water partition coefficient (Wildman–Crippen LogP) is 3.28. The molecule has 0 amide bonds. The molecule has 1 aromatic carbocycles. The Morgan fingerprint density at radius 1 is 1.03 bits per heavy atom. The molecule has 0 bridgehead atoms. The lowest BCUT2D eigenvalue weighted by atomic mass is 10.0. The summed E-state index contributed by atoms with van der Waals surface area (Å²) in [5.41, 5.74) is 3.63. The molecule has 0 unspecified atom stereocenters. The molecule has 2 fully saturated rings. The second kappa shape index (κ2) is 10.3. The summed E-state index contributed by atoms with van der Waals surface area (Å²) in [6, 6.07) is 11.4. The van der Waals surface area contributed by atoms with Crippen LogP contribution in [0.4, 0.5) is 5.82 Å². The van der Waals surface area contributed by atoms with Crippen LogP contribution in [0, 0.1) is 0 Å². The minimum Gasteiger partial charge on any atom is -0.508 e. The quantitative estimate of drug-likeness (QED) is 0.426. The zero-order valence-electron chi connectivity index (χ0n) is 21.0. The van der Waals surface area contributed by atoms with E-state index in [1.807, 2.05) is 30.7 Å². The number of hydrogen-bond acceptors (Lipinski definition) is 9. The molecule has 37 heavy (non-hydrogen) atoms. The van der Waals surface area contributed by atoms with Crippen molar-refractivity contribution in [2.45, 2.75) is 25.4 Å². The fourth-order valence-electron chi connectivity index (χ4n) is 5.18. The van der Waals surface area contributed by atoms with Gasteiger partial charge in [-0.2, -0.15) is 0 Å². The molecule has 192 valence electrons. The zero-order chi connectivity index (χ0) is 25.2. The van der Waals surface area contributed by atoms with Crippen molar-refractivity contribution in [3.05, 3.63) is 54.5 Å². The van der Waals surface area contributed by atoms with Crippen molar-refractivity contribution >= 4 is 17.0 Å². The first kappa shape index (κ1) is 23.6. The van der Waals surface area contributed by atoms with E-state index in [9.17, 15) is 5.11 Å². The number of pyridine rings is 1. The first-order valence-electron chi connectivity index (χ1n) is 12.8. The van der Waals surface area contributed by atoms with E-state index in [-0.39, 0.29) is 5.75 Å². The molecule has 0 radical (unpaired) electrons. The molecular weight excluding hydrogens is 470 g/mol. The largest absolute Gasteiger partial charge is 0.508 e. The molecule has 1 N–H and O–H groups in total. The van der Waals surface area contributed by atoms with Crippen LogP contribution in [0.2, 0.25) is 0 Å². The summed E-state index contributed by atoms with van der Waals surface area (Å²) in [5.74, 6) is 2.26. The Bertz CT molecular complexity index is 1360. The number of anilines is 1. The molecule has 0 aliphatic carbocycles. The van der Waals surface area contributed by atoms with Crippen LogP contribution in [0.5, 0.6) is 11.6 Å². The SMILES string of the molecule is COc1ccc(CN2CCC(n3cnc4c(N5CCOCC5)nc(-c5cccc(O)c5)nc43)CC2)cn1. The van der Waals surface area contributed by atoms with Gasteiger partial charge >= 0.3 is 0 Å². The number of fused-ring (bicyclic) bond motifs is 1. The number of nitrogens with zero attached hydrogens (tertiary/aromatic N) is 7. The number of hydrogen-bond donors (Lipinski definition) is 1. The van der Waals surface area contributed by atoms with E-state index in [4.69, 9.17) is 24.4 Å². The lowest BCUT2D eigenvalue weighted by Gasteiger charge is -2.32. The highest BCUT2D eigenvalue weighted by molar-refractivity contribution is 5.86. The van der Waals surface area contributed by atoms with Gasteiger partial charge in [0, 0.05) is 56.6 Å². The Morgan fingerprint density at radius 2 is 1.86 bits per heavy atom. The lowest BCUT2D eigenvalue weighted by Crippen LogP contribution is -2.37.